The molecule has 2 heterocycles. The van der Waals surface area contributed by atoms with Crippen molar-refractivity contribution in [3.63, 3.8) is 0 Å². The van der Waals surface area contributed by atoms with Gasteiger partial charge in [0.25, 0.3) is 0 Å². The van der Waals surface area contributed by atoms with Crippen LogP contribution in [0.5, 0.6) is 5.75 Å². The van der Waals surface area contributed by atoms with Gasteiger partial charge in [-0.25, -0.2) is 0 Å². The summed E-state index contributed by atoms with van der Waals surface area (Å²) in [5.74, 6) is 1.02. The fourth-order valence-electron chi connectivity index (χ4n) is 2.78. The van der Waals surface area contributed by atoms with E-state index in [9.17, 15) is 0 Å². The lowest BCUT2D eigenvalue weighted by atomic mass is 9.97. The van der Waals surface area contributed by atoms with Crippen LogP contribution in [0.2, 0.25) is 0 Å². The number of hydrogen-bond acceptors (Lipinski definition) is 3. The molecule has 1 N–H and O–H groups in total. The van der Waals surface area contributed by atoms with Crippen LogP contribution in [-0.2, 0) is 11.2 Å². The van der Waals surface area contributed by atoms with Gasteiger partial charge in [0.2, 0.25) is 0 Å². The monoisotopic (exact) mass is 247 g/mol. The van der Waals surface area contributed by atoms with Crippen molar-refractivity contribution in [2.24, 2.45) is 0 Å². The van der Waals surface area contributed by atoms with Gasteiger partial charge in [-0.2, -0.15) is 0 Å². The van der Waals surface area contributed by atoms with Crippen molar-refractivity contribution in [2.75, 3.05) is 25.1 Å². The minimum absolute atomic E-state index is 0.104. The van der Waals surface area contributed by atoms with E-state index in [4.69, 9.17) is 9.47 Å². The Balaban J connectivity index is 1.68. The van der Waals surface area contributed by atoms with Crippen LogP contribution in [0.3, 0.4) is 0 Å². The summed E-state index contributed by atoms with van der Waals surface area (Å²) in [7, 11) is 0. The topological polar surface area (TPSA) is 30.5 Å². The lowest BCUT2D eigenvalue weighted by Gasteiger charge is -2.33. The summed E-state index contributed by atoms with van der Waals surface area (Å²) in [5.41, 5.74) is 2.44. The zero-order valence-electron chi connectivity index (χ0n) is 11.0. The molecule has 2 aliphatic heterocycles. The SMILES string of the molecule is CC1(COc2cccc3c2CCN3)CCCCO1. The Morgan fingerprint density at radius 1 is 1.39 bits per heavy atom. The maximum Gasteiger partial charge on any atom is 0.124 e. The second-order valence-electron chi connectivity index (χ2n) is 5.50. The fraction of sp³-hybridized carbons (Fsp3) is 0.600. The lowest BCUT2D eigenvalue weighted by Crippen LogP contribution is -2.39. The minimum Gasteiger partial charge on any atom is -0.490 e. The Morgan fingerprint density at radius 3 is 3.17 bits per heavy atom. The third-order valence-electron chi connectivity index (χ3n) is 3.91. The second-order valence-corrected chi connectivity index (χ2v) is 5.50. The molecule has 2 aliphatic rings. The zero-order chi connectivity index (χ0) is 12.4. The highest BCUT2D eigenvalue weighted by atomic mass is 16.5. The largest absolute Gasteiger partial charge is 0.490 e. The smallest absolute Gasteiger partial charge is 0.124 e. The van der Waals surface area contributed by atoms with E-state index in [1.165, 1.54) is 24.1 Å². The Kier molecular flexibility index (Phi) is 3.16. The van der Waals surface area contributed by atoms with Gasteiger partial charge in [-0.3, -0.25) is 0 Å². The highest BCUT2D eigenvalue weighted by Crippen LogP contribution is 2.32. The molecule has 0 spiro atoms. The van der Waals surface area contributed by atoms with Gasteiger partial charge in [-0.15, -0.1) is 0 Å². The van der Waals surface area contributed by atoms with Gasteiger partial charge in [0.05, 0.1) is 5.60 Å². The number of ether oxygens (including phenoxy) is 2. The maximum absolute atomic E-state index is 6.03. The normalized spacial score (nSPS) is 26.5. The van der Waals surface area contributed by atoms with E-state index < -0.39 is 0 Å². The third kappa shape index (κ3) is 2.32. The molecular weight excluding hydrogens is 226 g/mol. The first-order valence-corrected chi connectivity index (χ1v) is 6.89. The number of nitrogens with one attached hydrogen (secondary N) is 1. The Hall–Kier alpha value is -1.22. The van der Waals surface area contributed by atoms with E-state index in [-0.39, 0.29) is 5.60 Å². The summed E-state index contributed by atoms with van der Waals surface area (Å²) < 4.78 is 11.9. The molecule has 1 unspecified atom stereocenters. The molecule has 0 saturated carbocycles. The van der Waals surface area contributed by atoms with Crippen molar-refractivity contribution in [1.29, 1.82) is 0 Å². The molecular formula is C15H21NO2. The van der Waals surface area contributed by atoms with Gasteiger partial charge in [0, 0.05) is 24.4 Å². The molecule has 0 aromatic heterocycles. The summed E-state index contributed by atoms with van der Waals surface area (Å²) in [5, 5.41) is 3.38. The molecule has 18 heavy (non-hydrogen) atoms. The van der Waals surface area contributed by atoms with Crippen molar-refractivity contribution in [1.82, 2.24) is 0 Å². The van der Waals surface area contributed by atoms with E-state index >= 15 is 0 Å². The quantitative estimate of drug-likeness (QED) is 0.890. The number of benzene rings is 1. The summed E-state index contributed by atoms with van der Waals surface area (Å²) in [6, 6.07) is 6.24. The lowest BCUT2D eigenvalue weighted by molar-refractivity contribution is -0.0889. The van der Waals surface area contributed by atoms with Crippen molar-refractivity contribution in [3.8, 4) is 5.75 Å². The average Bonchev–Trinajstić information content (AvgIpc) is 2.86. The van der Waals surface area contributed by atoms with Crippen LogP contribution < -0.4 is 10.1 Å². The van der Waals surface area contributed by atoms with Crippen molar-refractivity contribution >= 4 is 5.69 Å². The number of fused-ring (bicyclic) bond motifs is 1. The van der Waals surface area contributed by atoms with Crippen LogP contribution in [0.4, 0.5) is 5.69 Å². The van der Waals surface area contributed by atoms with E-state index in [2.05, 4.69) is 30.4 Å². The first-order chi connectivity index (χ1) is 8.77. The van der Waals surface area contributed by atoms with Crippen LogP contribution >= 0.6 is 0 Å². The predicted octanol–water partition coefficient (Wildman–Crippen LogP) is 2.99. The first-order valence-electron chi connectivity index (χ1n) is 6.89. The fourth-order valence-corrected chi connectivity index (χ4v) is 2.78. The van der Waals surface area contributed by atoms with E-state index in [1.807, 2.05) is 0 Å². The highest BCUT2D eigenvalue weighted by Gasteiger charge is 2.29. The summed E-state index contributed by atoms with van der Waals surface area (Å²) in [6.45, 7) is 4.70. The number of anilines is 1. The van der Waals surface area contributed by atoms with Gasteiger partial charge in [-0.05, 0) is 44.7 Å². The van der Waals surface area contributed by atoms with Gasteiger partial charge < -0.3 is 14.8 Å². The third-order valence-corrected chi connectivity index (χ3v) is 3.91. The predicted molar refractivity (Wildman–Crippen MR) is 72.3 cm³/mol. The van der Waals surface area contributed by atoms with E-state index in [0.29, 0.717) is 6.61 Å². The van der Waals surface area contributed by atoms with E-state index in [0.717, 1.165) is 31.7 Å². The molecule has 1 atom stereocenters. The van der Waals surface area contributed by atoms with Gasteiger partial charge in [-0.1, -0.05) is 6.07 Å². The molecule has 0 aliphatic carbocycles. The Bertz CT molecular complexity index is 425. The van der Waals surface area contributed by atoms with Crippen LogP contribution in [0.25, 0.3) is 0 Å². The van der Waals surface area contributed by atoms with Crippen LogP contribution in [-0.4, -0.2) is 25.4 Å². The Labute approximate surface area is 108 Å². The highest BCUT2D eigenvalue weighted by molar-refractivity contribution is 5.61. The summed E-state index contributed by atoms with van der Waals surface area (Å²) in [4.78, 5) is 0. The molecule has 3 nitrogen and oxygen atoms in total. The van der Waals surface area contributed by atoms with Crippen molar-refractivity contribution in [3.05, 3.63) is 23.8 Å². The summed E-state index contributed by atoms with van der Waals surface area (Å²) in [6.07, 6.45) is 4.58. The second kappa shape index (κ2) is 4.81. The van der Waals surface area contributed by atoms with Crippen molar-refractivity contribution in [2.45, 2.75) is 38.2 Å². The minimum atomic E-state index is -0.104. The molecule has 0 radical (unpaired) electrons. The van der Waals surface area contributed by atoms with Crippen LogP contribution in [0, 0.1) is 0 Å². The zero-order valence-corrected chi connectivity index (χ0v) is 11.0. The van der Waals surface area contributed by atoms with Crippen LogP contribution in [0.15, 0.2) is 18.2 Å². The molecule has 1 aromatic rings. The molecule has 1 fully saturated rings. The maximum atomic E-state index is 6.03. The Morgan fingerprint density at radius 2 is 2.33 bits per heavy atom. The van der Waals surface area contributed by atoms with Crippen LogP contribution in [0.1, 0.15) is 31.7 Å². The molecule has 98 valence electrons. The molecule has 3 rings (SSSR count). The molecule has 3 heteroatoms. The molecule has 1 aromatic carbocycles. The molecule has 0 amide bonds. The van der Waals surface area contributed by atoms with E-state index in [1.54, 1.807) is 0 Å². The standard InChI is InChI=1S/C15H21NO2/c1-15(8-2-3-10-18-15)11-17-14-6-4-5-13-12(14)7-9-16-13/h4-6,16H,2-3,7-11H2,1H3. The van der Waals surface area contributed by atoms with Crippen molar-refractivity contribution < 1.29 is 9.47 Å². The number of hydrogen-bond donors (Lipinski definition) is 1. The van der Waals surface area contributed by atoms with Gasteiger partial charge in [0.15, 0.2) is 0 Å². The first kappa shape index (κ1) is 11.8. The number of rotatable bonds is 3. The molecule has 1 saturated heterocycles. The van der Waals surface area contributed by atoms with Gasteiger partial charge in [0.1, 0.15) is 12.4 Å². The van der Waals surface area contributed by atoms with Gasteiger partial charge >= 0.3 is 0 Å². The summed E-state index contributed by atoms with van der Waals surface area (Å²) >= 11 is 0. The molecule has 0 bridgehead atoms. The average molecular weight is 247 g/mol.